The first-order valence-corrected chi connectivity index (χ1v) is 9.46. The number of nitriles is 1. The van der Waals surface area contributed by atoms with Crippen molar-refractivity contribution in [3.05, 3.63) is 98.1 Å². The molecule has 0 amide bonds. The lowest BCUT2D eigenvalue weighted by Gasteiger charge is -2.09. The Balaban J connectivity index is 1.80. The van der Waals surface area contributed by atoms with E-state index < -0.39 is 0 Å². The van der Waals surface area contributed by atoms with Gasteiger partial charge in [-0.05, 0) is 58.0 Å². The topological polar surface area (TPSA) is 33.0 Å². The summed E-state index contributed by atoms with van der Waals surface area (Å²) in [6, 6.07) is 25.5. The highest BCUT2D eigenvalue weighted by Crippen LogP contribution is 2.28. The molecule has 2 nitrogen and oxygen atoms in total. The minimum atomic E-state index is 0.523. The average molecular weight is 472 g/mol. The first-order valence-electron chi connectivity index (χ1n) is 8.00. The number of hydrogen-bond acceptors (Lipinski definition) is 2. The van der Waals surface area contributed by atoms with E-state index in [2.05, 4.69) is 28.7 Å². The van der Waals surface area contributed by atoms with Crippen molar-refractivity contribution in [1.82, 2.24) is 0 Å². The molecule has 0 N–H and O–H groups in total. The molecule has 26 heavy (non-hydrogen) atoms. The van der Waals surface area contributed by atoms with Crippen LogP contribution < -0.4 is 4.74 Å². The van der Waals surface area contributed by atoms with E-state index in [-0.39, 0.29) is 0 Å². The van der Waals surface area contributed by atoms with Gasteiger partial charge in [-0.2, -0.15) is 5.26 Å². The van der Waals surface area contributed by atoms with Crippen LogP contribution in [-0.4, -0.2) is 0 Å². The summed E-state index contributed by atoms with van der Waals surface area (Å²) < 4.78 is 6.89. The first kappa shape index (κ1) is 18.5. The number of ether oxygens (including phenoxy) is 1. The van der Waals surface area contributed by atoms with Crippen molar-refractivity contribution in [2.75, 3.05) is 0 Å². The van der Waals surface area contributed by atoms with Crippen LogP contribution in [0.5, 0.6) is 5.75 Å². The molecule has 3 aromatic rings. The molecule has 3 rings (SSSR count). The van der Waals surface area contributed by atoms with E-state index in [9.17, 15) is 5.26 Å². The zero-order valence-corrected chi connectivity index (χ0v) is 16.7. The fraction of sp³-hybridized carbons (Fsp3) is 0.0455. The third-order valence-corrected chi connectivity index (χ3v) is 4.96. The van der Waals surface area contributed by atoms with Crippen LogP contribution in [-0.2, 0) is 6.61 Å². The third-order valence-electron chi connectivity index (χ3n) is 3.79. The molecule has 0 aliphatic heterocycles. The molecule has 0 saturated heterocycles. The third kappa shape index (κ3) is 4.66. The summed E-state index contributed by atoms with van der Waals surface area (Å²) in [6.45, 7) is 0.523. The number of nitrogens with zero attached hydrogens (tertiary/aromatic N) is 1. The number of hydrogen-bond donors (Lipinski definition) is 0. The number of allylic oxidation sites excluding steroid dienone is 1. The minimum absolute atomic E-state index is 0.523. The maximum absolute atomic E-state index is 9.50. The van der Waals surface area contributed by atoms with E-state index in [1.54, 1.807) is 6.07 Å². The summed E-state index contributed by atoms with van der Waals surface area (Å²) in [4.78, 5) is 0. The lowest BCUT2D eigenvalue weighted by Crippen LogP contribution is -1.97. The smallest absolute Gasteiger partial charge is 0.133 e. The molecule has 0 aliphatic carbocycles. The minimum Gasteiger partial charge on any atom is -0.488 e. The van der Waals surface area contributed by atoms with Crippen LogP contribution >= 0.6 is 34.2 Å². The Morgan fingerprint density at radius 1 is 1.04 bits per heavy atom. The Morgan fingerprint density at radius 2 is 1.77 bits per heavy atom. The summed E-state index contributed by atoms with van der Waals surface area (Å²) in [7, 11) is 0. The van der Waals surface area contributed by atoms with Crippen molar-refractivity contribution in [1.29, 1.82) is 5.26 Å². The molecule has 0 unspecified atom stereocenters. The molecule has 0 saturated carbocycles. The number of halogens is 2. The van der Waals surface area contributed by atoms with Crippen LogP contribution in [0.4, 0.5) is 0 Å². The Morgan fingerprint density at radius 3 is 2.46 bits per heavy atom. The molecule has 4 heteroatoms. The van der Waals surface area contributed by atoms with Gasteiger partial charge in [-0.3, -0.25) is 0 Å². The van der Waals surface area contributed by atoms with Crippen LogP contribution in [0.15, 0.2) is 72.8 Å². The SMILES string of the molecule is N#CC(=Cc1ccc(OCc2ccccc2)c(I)c1)c1ccccc1Cl. The highest BCUT2D eigenvalue weighted by atomic mass is 127. The predicted molar refractivity (Wildman–Crippen MR) is 115 cm³/mol. The van der Waals surface area contributed by atoms with E-state index in [1.807, 2.05) is 72.8 Å². The Kier molecular flexibility index (Phi) is 6.32. The lowest BCUT2D eigenvalue weighted by atomic mass is 10.0. The van der Waals surface area contributed by atoms with Crippen molar-refractivity contribution in [3.8, 4) is 11.8 Å². The number of rotatable bonds is 5. The zero-order valence-electron chi connectivity index (χ0n) is 13.8. The van der Waals surface area contributed by atoms with Crippen molar-refractivity contribution < 1.29 is 4.74 Å². The molecule has 128 valence electrons. The van der Waals surface area contributed by atoms with Gasteiger partial charge in [-0.15, -0.1) is 0 Å². The van der Waals surface area contributed by atoms with Gasteiger partial charge < -0.3 is 4.74 Å². The van der Waals surface area contributed by atoms with E-state index in [0.29, 0.717) is 17.2 Å². The summed E-state index contributed by atoms with van der Waals surface area (Å²) in [5.74, 6) is 0.822. The second-order valence-electron chi connectivity index (χ2n) is 5.61. The average Bonchev–Trinajstić information content (AvgIpc) is 2.67. The van der Waals surface area contributed by atoms with Crippen LogP contribution in [0.2, 0.25) is 5.02 Å². The van der Waals surface area contributed by atoms with Crippen molar-refractivity contribution in [3.63, 3.8) is 0 Å². The first-order chi connectivity index (χ1) is 12.7. The molecule has 3 aromatic carbocycles. The largest absolute Gasteiger partial charge is 0.488 e. The van der Waals surface area contributed by atoms with Gasteiger partial charge >= 0.3 is 0 Å². The highest BCUT2D eigenvalue weighted by Gasteiger charge is 2.07. The Hall–Kier alpha value is -2.29. The fourth-order valence-corrected chi connectivity index (χ4v) is 3.41. The van der Waals surface area contributed by atoms with Gasteiger partial charge in [-0.25, -0.2) is 0 Å². The van der Waals surface area contributed by atoms with E-state index in [0.717, 1.165) is 26.0 Å². The quantitative estimate of drug-likeness (QED) is 0.239. The summed E-state index contributed by atoms with van der Waals surface area (Å²) in [6.07, 6.45) is 1.84. The Bertz CT molecular complexity index is 977. The summed E-state index contributed by atoms with van der Waals surface area (Å²) in [5, 5.41) is 10.1. The van der Waals surface area contributed by atoms with E-state index in [1.165, 1.54) is 0 Å². The van der Waals surface area contributed by atoms with Crippen LogP contribution in [0, 0.1) is 14.9 Å². The van der Waals surface area contributed by atoms with Crippen molar-refractivity contribution in [2.24, 2.45) is 0 Å². The Labute approximate surface area is 171 Å². The fourth-order valence-electron chi connectivity index (χ4n) is 2.48. The van der Waals surface area contributed by atoms with Crippen LogP contribution in [0.3, 0.4) is 0 Å². The van der Waals surface area contributed by atoms with Gasteiger partial charge in [0.1, 0.15) is 12.4 Å². The monoisotopic (exact) mass is 471 g/mol. The van der Waals surface area contributed by atoms with Gasteiger partial charge in [0.15, 0.2) is 0 Å². The molecule has 0 spiro atoms. The van der Waals surface area contributed by atoms with E-state index in [4.69, 9.17) is 16.3 Å². The standard InChI is InChI=1S/C22H15ClINO/c23-20-9-5-4-8-19(20)18(14-25)12-17-10-11-22(21(24)13-17)26-15-16-6-2-1-3-7-16/h1-13H,15H2. The molecule has 0 radical (unpaired) electrons. The normalized spacial score (nSPS) is 11.0. The lowest BCUT2D eigenvalue weighted by molar-refractivity contribution is 0.304. The second-order valence-corrected chi connectivity index (χ2v) is 7.18. The van der Waals surface area contributed by atoms with Crippen molar-refractivity contribution in [2.45, 2.75) is 6.61 Å². The van der Waals surface area contributed by atoms with Crippen molar-refractivity contribution >= 4 is 45.8 Å². The molecule has 0 heterocycles. The molecule has 0 bridgehead atoms. The number of benzene rings is 3. The highest BCUT2D eigenvalue weighted by molar-refractivity contribution is 14.1. The molecule has 0 aliphatic rings. The molecule has 0 aromatic heterocycles. The molecular weight excluding hydrogens is 457 g/mol. The van der Waals surface area contributed by atoms with Gasteiger partial charge in [0.2, 0.25) is 0 Å². The zero-order chi connectivity index (χ0) is 18.4. The molecule has 0 atom stereocenters. The molecular formula is C22H15ClINO. The van der Waals surface area contributed by atoms with Gasteiger partial charge in [0.05, 0.1) is 15.2 Å². The summed E-state index contributed by atoms with van der Waals surface area (Å²) in [5.41, 5.74) is 3.32. The van der Waals surface area contributed by atoms with Crippen LogP contribution in [0.1, 0.15) is 16.7 Å². The van der Waals surface area contributed by atoms with Crippen LogP contribution in [0.25, 0.3) is 11.6 Å². The predicted octanol–water partition coefficient (Wildman–Crippen LogP) is 6.59. The second kappa shape index (κ2) is 8.88. The molecule has 0 fully saturated rings. The maximum Gasteiger partial charge on any atom is 0.133 e. The summed E-state index contributed by atoms with van der Waals surface area (Å²) >= 11 is 8.45. The maximum atomic E-state index is 9.50. The van der Waals surface area contributed by atoms with E-state index >= 15 is 0 Å². The van der Waals surface area contributed by atoms with Gasteiger partial charge in [0.25, 0.3) is 0 Å². The van der Waals surface area contributed by atoms with Gasteiger partial charge in [0, 0.05) is 10.6 Å². The van der Waals surface area contributed by atoms with Gasteiger partial charge in [-0.1, -0.05) is 66.2 Å².